The summed E-state index contributed by atoms with van der Waals surface area (Å²) in [4.78, 5) is 0. The van der Waals surface area contributed by atoms with Crippen molar-refractivity contribution in [1.29, 1.82) is 0 Å². The summed E-state index contributed by atoms with van der Waals surface area (Å²) in [6.45, 7) is 0. The minimum Gasteiger partial charge on any atom is -0.0622 e. The van der Waals surface area contributed by atoms with E-state index in [0.717, 1.165) is 0 Å². The van der Waals surface area contributed by atoms with Gasteiger partial charge in [0.15, 0.2) is 0 Å². The highest BCUT2D eigenvalue weighted by Crippen LogP contribution is 2.44. The molecule has 0 amide bonds. The zero-order valence-electron chi connectivity index (χ0n) is 28.6. The Balaban J connectivity index is 1.22. The highest BCUT2D eigenvalue weighted by molar-refractivity contribution is 6.16. The Hall–Kier alpha value is -6.76. The fraction of sp³-hybridized carbons (Fsp3) is 0. The second-order valence-corrected chi connectivity index (χ2v) is 13.7. The number of benzene rings is 10. The van der Waals surface area contributed by atoms with Gasteiger partial charge in [-0.1, -0.05) is 176 Å². The molecular weight excluding hydrogens is 625 g/mol. The normalized spacial score (nSPS) is 11.5. The molecule has 0 saturated heterocycles. The summed E-state index contributed by atoms with van der Waals surface area (Å²) in [6.07, 6.45) is 0. The first-order chi connectivity index (χ1) is 25.8. The minimum absolute atomic E-state index is 1.22. The van der Waals surface area contributed by atoms with Gasteiger partial charge in [-0.25, -0.2) is 0 Å². The molecule has 0 saturated carbocycles. The van der Waals surface area contributed by atoms with Crippen molar-refractivity contribution in [2.45, 2.75) is 0 Å². The van der Waals surface area contributed by atoms with Gasteiger partial charge < -0.3 is 0 Å². The molecule has 0 aliphatic rings. The Morgan fingerprint density at radius 2 is 0.692 bits per heavy atom. The summed E-state index contributed by atoms with van der Waals surface area (Å²) in [6, 6.07) is 75.6. The lowest BCUT2D eigenvalue weighted by molar-refractivity contribution is 1.61. The van der Waals surface area contributed by atoms with Gasteiger partial charge in [0.2, 0.25) is 0 Å². The molecule has 0 fully saturated rings. The predicted molar refractivity (Wildman–Crippen MR) is 224 cm³/mol. The van der Waals surface area contributed by atoms with E-state index in [4.69, 9.17) is 0 Å². The summed E-state index contributed by atoms with van der Waals surface area (Å²) >= 11 is 0. The van der Waals surface area contributed by atoms with Crippen molar-refractivity contribution in [3.63, 3.8) is 0 Å². The van der Waals surface area contributed by atoms with E-state index in [-0.39, 0.29) is 0 Å². The van der Waals surface area contributed by atoms with Crippen LogP contribution in [0.4, 0.5) is 0 Å². The number of hydrogen-bond donors (Lipinski definition) is 0. The first-order valence-electron chi connectivity index (χ1n) is 18.0. The van der Waals surface area contributed by atoms with Crippen molar-refractivity contribution >= 4 is 43.1 Å². The van der Waals surface area contributed by atoms with Crippen LogP contribution in [0.1, 0.15) is 0 Å². The molecule has 0 radical (unpaired) electrons. The Labute approximate surface area is 303 Å². The Morgan fingerprint density at radius 3 is 1.37 bits per heavy atom. The molecule has 0 aromatic heterocycles. The van der Waals surface area contributed by atoms with Crippen LogP contribution in [0.5, 0.6) is 0 Å². The predicted octanol–water partition coefficient (Wildman–Crippen LogP) is 14.6. The molecule has 242 valence electrons. The van der Waals surface area contributed by atoms with Crippen LogP contribution in [0.3, 0.4) is 0 Å². The first-order valence-corrected chi connectivity index (χ1v) is 18.0. The highest BCUT2D eigenvalue weighted by Gasteiger charge is 2.17. The van der Waals surface area contributed by atoms with Gasteiger partial charge in [0.25, 0.3) is 0 Å². The molecule has 0 aliphatic carbocycles. The third-order valence-corrected chi connectivity index (χ3v) is 10.6. The van der Waals surface area contributed by atoms with E-state index in [9.17, 15) is 0 Å². The molecule has 0 nitrogen and oxygen atoms in total. The maximum atomic E-state index is 2.42. The van der Waals surface area contributed by atoms with E-state index >= 15 is 0 Å². The molecule has 0 N–H and O–H groups in total. The summed E-state index contributed by atoms with van der Waals surface area (Å²) in [5.74, 6) is 0. The maximum absolute atomic E-state index is 2.42. The van der Waals surface area contributed by atoms with Crippen LogP contribution in [0.15, 0.2) is 206 Å². The fourth-order valence-corrected chi connectivity index (χ4v) is 8.12. The maximum Gasteiger partial charge on any atom is -0.00266 e. The standard InChI is InChI=1S/C52H34/c1-4-14-35(15-5-1)46-28-24-38-20-12-13-23-45(38)52(46)42-26-27-44-43(30-42)34-49(37-18-8-3-9-19-37)51-33-41(25-29-47(44)51)50-32-40-22-11-10-21-39(40)31-48(50)36-16-6-2-7-17-36/h1-34H. The van der Waals surface area contributed by atoms with Crippen LogP contribution >= 0.6 is 0 Å². The van der Waals surface area contributed by atoms with Gasteiger partial charge in [-0.05, 0) is 129 Å². The summed E-state index contributed by atoms with van der Waals surface area (Å²) in [7, 11) is 0. The van der Waals surface area contributed by atoms with Crippen LogP contribution < -0.4 is 0 Å². The van der Waals surface area contributed by atoms with E-state index in [1.807, 2.05) is 0 Å². The third-order valence-electron chi connectivity index (χ3n) is 10.6. The molecule has 10 rings (SSSR count). The smallest absolute Gasteiger partial charge is 0.00266 e. The van der Waals surface area contributed by atoms with Crippen molar-refractivity contribution in [2.24, 2.45) is 0 Å². The van der Waals surface area contributed by atoms with Crippen LogP contribution in [-0.4, -0.2) is 0 Å². The number of hydrogen-bond acceptors (Lipinski definition) is 0. The van der Waals surface area contributed by atoms with Crippen molar-refractivity contribution < 1.29 is 0 Å². The molecular formula is C52H34. The van der Waals surface area contributed by atoms with Gasteiger partial charge in [-0.15, -0.1) is 0 Å². The van der Waals surface area contributed by atoms with Gasteiger partial charge in [-0.2, -0.15) is 0 Å². The molecule has 0 heteroatoms. The quantitative estimate of drug-likeness (QED) is 0.161. The molecule has 0 bridgehead atoms. The molecule has 10 aromatic rings. The zero-order chi connectivity index (χ0) is 34.4. The fourth-order valence-electron chi connectivity index (χ4n) is 8.12. The molecule has 0 aliphatic heterocycles. The summed E-state index contributed by atoms with van der Waals surface area (Å²) in [5, 5.41) is 10.0. The lowest BCUT2D eigenvalue weighted by atomic mass is 9.86. The average molecular weight is 659 g/mol. The van der Waals surface area contributed by atoms with Crippen LogP contribution in [-0.2, 0) is 0 Å². The van der Waals surface area contributed by atoms with Crippen molar-refractivity contribution in [3.8, 4) is 55.6 Å². The van der Waals surface area contributed by atoms with Gasteiger partial charge in [0.05, 0.1) is 0 Å². The lowest BCUT2D eigenvalue weighted by Crippen LogP contribution is -1.91. The van der Waals surface area contributed by atoms with Crippen LogP contribution in [0.25, 0.3) is 98.7 Å². The molecule has 0 unspecified atom stereocenters. The van der Waals surface area contributed by atoms with Crippen molar-refractivity contribution in [1.82, 2.24) is 0 Å². The Morgan fingerprint density at radius 1 is 0.192 bits per heavy atom. The molecule has 0 heterocycles. The van der Waals surface area contributed by atoms with Crippen molar-refractivity contribution in [2.75, 3.05) is 0 Å². The molecule has 0 atom stereocenters. The largest absolute Gasteiger partial charge is 0.0622 e. The van der Waals surface area contributed by atoms with Gasteiger partial charge in [0, 0.05) is 0 Å². The van der Waals surface area contributed by atoms with E-state index in [2.05, 4.69) is 206 Å². The number of rotatable bonds is 5. The molecule has 0 spiro atoms. The Bertz CT molecular complexity index is 2920. The molecule has 10 aromatic carbocycles. The second kappa shape index (κ2) is 12.5. The second-order valence-electron chi connectivity index (χ2n) is 13.7. The van der Waals surface area contributed by atoms with Crippen LogP contribution in [0.2, 0.25) is 0 Å². The lowest BCUT2D eigenvalue weighted by Gasteiger charge is -2.18. The summed E-state index contributed by atoms with van der Waals surface area (Å²) in [5.41, 5.74) is 12.4. The van der Waals surface area contributed by atoms with Crippen molar-refractivity contribution in [3.05, 3.63) is 206 Å². The first kappa shape index (κ1) is 30.1. The monoisotopic (exact) mass is 658 g/mol. The van der Waals surface area contributed by atoms with Gasteiger partial charge in [0.1, 0.15) is 0 Å². The zero-order valence-corrected chi connectivity index (χ0v) is 28.6. The van der Waals surface area contributed by atoms with Gasteiger partial charge in [-0.3, -0.25) is 0 Å². The van der Waals surface area contributed by atoms with E-state index < -0.39 is 0 Å². The minimum atomic E-state index is 1.22. The van der Waals surface area contributed by atoms with E-state index in [1.54, 1.807) is 0 Å². The SMILES string of the molecule is c1ccc(-c2cc3ccccc3cc2-c2ccc3c(c2)c(-c2ccccc2)cc2cc(-c4c(-c5ccccc5)ccc5ccccc45)ccc23)cc1. The summed E-state index contributed by atoms with van der Waals surface area (Å²) < 4.78 is 0. The Kier molecular flexibility index (Phi) is 7.25. The van der Waals surface area contributed by atoms with E-state index in [0.29, 0.717) is 0 Å². The van der Waals surface area contributed by atoms with Crippen LogP contribution in [0, 0.1) is 0 Å². The highest BCUT2D eigenvalue weighted by atomic mass is 14.2. The topological polar surface area (TPSA) is 0 Å². The van der Waals surface area contributed by atoms with Gasteiger partial charge >= 0.3 is 0 Å². The average Bonchev–Trinajstić information content (AvgIpc) is 3.23. The molecule has 52 heavy (non-hydrogen) atoms. The third kappa shape index (κ3) is 5.16. The number of fused-ring (bicyclic) bond motifs is 5. The van der Waals surface area contributed by atoms with E-state index in [1.165, 1.54) is 98.7 Å².